The van der Waals surface area contributed by atoms with Crippen molar-refractivity contribution in [1.29, 1.82) is 0 Å². The molecule has 0 amide bonds. The summed E-state index contributed by atoms with van der Waals surface area (Å²) in [4.78, 5) is 11.3. The average molecular weight is 202 g/mol. The minimum Gasteiger partial charge on any atom is -0.515 e. The number of hydrogen-bond acceptors (Lipinski definition) is 2. The van der Waals surface area contributed by atoms with E-state index in [9.17, 15) is 4.79 Å². The van der Waals surface area contributed by atoms with Crippen LogP contribution >= 0.6 is 0 Å². The monoisotopic (exact) mass is 202 g/mol. The summed E-state index contributed by atoms with van der Waals surface area (Å²) in [5.41, 5.74) is 2.30. The second-order valence-electron chi connectivity index (χ2n) is 3.35. The normalized spacial score (nSPS) is 12.0. The van der Waals surface area contributed by atoms with Crippen molar-refractivity contribution in [2.45, 2.75) is 13.8 Å². The first-order valence-corrected chi connectivity index (χ1v) is 4.74. The molecule has 0 aliphatic rings. The number of aliphatic hydroxyl groups is 1. The van der Waals surface area contributed by atoms with Crippen LogP contribution in [0.3, 0.4) is 0 Å². The van der Waals surface area contributed by atoms with Gasteiger partial charge in [0.2, 0.25) is 0 Å². The quantitative estimate of drug-likeness (QED) is 0.463. The summed E-state index contributed by atoms with van der Waals surface area (Å²) in [6.07, 6.45) is 4.62. The number of allylic oxidation sites excluding steroid dienone is 2. The van der Waals surface area contributed by atoms with Gasteiger partial charge in [-0.2, -0.15) is 0 Å². The summed E-state index contributed by atoms with van der Waals surface area (Å²) in [5.74, 6) is 0.0425. The van der Waals surface area contributed by atoms with Gasteiger partial charge in [-0.05, 0) is 25.0 Å². The van der Waals surface area contributed by atoms with Crippen LogP contribution in [0.5, 0.6) is 0 Å². The lowest BCUT2D eigenvalue weighted by Crippen LogP contribution is -1.94. The third-order valence-electron chi connectivity index (χ3n) is 2.07. The zero-order valence-electron chi connectivity index (χ0n) is 8.90. The van der Waals surface area contributed by atoms with Crippen molar-refractivity contribution in [2.75, 3.05) is 0 Å². The second-order valence-corrected chi connectivity index (χ2v) is 3.35. The highest BCUT2D eigenvalue weighted by Gasteiger charge is 2.02. The highest BCUT2D eigenvalue weighted by atomic mass is 16.2. The van der Waals surface area contributed by atoms with Crippen LogP contribution in [0.2, 0.25) is 0 Å². The highest BCUT2D eigenvalue weighted by molar-refractivity contribution is 5.97. The minimum atomic E-state index is 0.0425. The number of carbonyl (C=O) groups excluding carboxylic acids is 1. The van der Waals surface area contributed by atoms with Crippen LogP contribution in [0.15, 0.2) is 42.2 Å². The van der Waals surface area contributed by atoms with Gasteiger partial charge in [0.05, 0.1) is 6.26 Å². The fourth-order valence-electron chi connectivity index (χ4n) is 1.23. The van der Waals surface area contributed by atoms with Gasteiger partial charge in [0.25, 0.3) is 0 Å². The van der Waals surface area contributed by atoms with E-state index in [2.05, 4.69) is 0 Å². The van der Waals surface area contributed by atoms with E-state index in [4.69, 9.17) is 5.11 Å². The summed E-state index contributed by atoms with van der Waals surface area (Å²) >= 11 is 0. The third-order valence-corrected chi connectivity index (χ3v) is 2.07. The fourth-order valence-corrected chi connectivity index (χ4v) is 1.23. The molecule has 0 radical (unpaired) electrons. The Labute approximate surface area is 89.6 Å². The van der Waals surface area contributed by atoms with Crippen LogP contribution in [0.4, 0.5) is 0 Å². The van der Waals surface area contributed by atoms with Crippen molar-refractivity contribution >= 4 is 11.9 Å². The van der Waals surface area contributed by atoms with E-state index < -0.39 is 0 Å². The molecule has 0 aromatic heterocycles. The van der Waals surface area contributed by atoms with Gasteiger partial charge in [0.1, 0.15) is 0 Å². The Morgan fingerprint density at radius 2 is 1.93 bits per heavy atom. The number of hydrogen-bond donors (Lipinski definition) is 1. The third kappa shape index (κ3) is 3.09. The lowest BCUT2D eigenvalue weighted by atomic mass is 10.0. The number of benzene rings is 1. The van der Waals surface area contributed by atoms with Crippen molar-refractivity contribution < 1.29 is 9.90 Å². The molecular formula is C13H14O2. The van der Waals surface area contributed by atoms with Crippen LogP contribution in [0.25, 0.3) is 6.08 Å². The maximum atomic E-state index is 11.3. The predicted octanol–water partition coefficient (Wildman–Crippen LogP) is 3.36. The molecule has 15 heavy (non-hydrogen) atoms. The molecule has 0 spiro atoms. The Hall–Kier alpha value is -1.83. The molecule has 2 heteroatoms. The van der Waals surface area contributed by atoms with Gasteiger partial charge in [-0.1, -0.05) is 36.4 Å². The number of rotatable bonds is 3. The molecule has 0 unspecified atom stereocenters. The van der Waals surface area contributed by atoms with Crippen LogP contribution in [-0.4, -0.2) is 10.9 Å². The molecule has 2 nitrogen and oxygen atoms in total. The van der Waals surface area contributed by atoms with E-state index in [0.717, 1.165) is 17.4 Å². The Morgan fingerprint density at radius 1 is 1.27 bits per heavy atom. The number of aliphatic hydroxyl groups excluding tert-OH is 1. The Kier molecular flexibility index (Phi) is 3.86. The molecular weight excluding hydrogens is 188 g/mol. The first-order chi connectivity index (χ1) is 7.15. The van der Waals surface area contributed by atoms with Crippen molar-refractivity contribution in [3.63, 3.8) is 0 Å². The van der Waals surface area contributed by atoms with Crippen molar-refractivity contribution in [1.82, 2.24) is 0 Å². The molecule has 0 heterocycles. The lowest BCUT2D eigenvalue weighted by Gasteiger charge is -2.00. The Morgan fingerprint density at radius 3 is 2.53 bits per heavy atom. The summed E-state index contributed by atoms with van der Waals surface area (Å²) in [6, 6.07) is 7.38. The van der Waals surface area contributed by atoms with Gasteiger partial charge in [-0.25, -0.2) is 0 Å². The topological polar surface area (TPSA) is 37.3 Å². The molecule has 0 fully saturated rings. The van der Waals surface area contributed by atoms with E-state index in [1.54, 1.807) is 26.0 Å². The summed E-state index contributed by atoms with van der Waals surface area (Å²) in [6.45, 7) is 3.33. The zero-order chi connectivity index (χ0) is 11.3. The van der Waals surface area contributed by atoms with Gasteiger partial charge < -0.3 is 5.11 Å². The number of Topliss-reactive ketones (excluding diaryl/α,β-unsaturated/α-hetero) is 1. The van der Waals surface area contributed by atoms with Crippen molar-refractivity contribution in [3.05, 3.63) is 53.3 Å². The van der Waals surface area contributed by atoms with Crippen molar-refractivity contribution in [3.8, 4) is 0 Å². The van der Waals surface area contributed by atoms with E-state index in [1.165, 1.54) is 0 Å². The maximum Gasteiger partial charge on any atom is 0.160 e. The molecule has 1 rings (SSSR count). The van der Waals surface area contributed by atoms with E-state index >= 15 is 0 Å². The van der Waals surface area contributed by atoms with Gasteiger partial charge in [0.15, 0.2) is 5.78 Å². The van der Waals surface area contributed by atoms with Gasteiger partial charge >= 0.3 is 0 Å². The second kappa shape index (κ2) is 5.15. The molecule has 0 aliphatic carbocycles. The average Bonchev–Trinajstić information content (AvgIpc) is 2.26. The minimum absolute atomic E-state index is 0.0425. The Bertz CT molecular complexity index is 414. The first-order valence-electron chi connectivity index (χ1n) is 4.74. The van der Waals surface area contributed by atoms with Crippen LogP contribution < -0.4 is 0 Å². The summed E-state index contributed by atoms with van der Waals surface area (Å²) in [7, 11) is 0. The van der Waals surface area contributed by atoms with E-state index in [0.29, 0.717) is 5.56 Å². The fraction of sp³-hybridized carbons (Fsp3) is 0.154. The van der Waals surface area contributed by atoms with E-state index in [-0.39, 0.29) is 5.78 Å². The van der Waals surface area contributed by atoms with Crippen molar-refractivity contribution in [2.24, 2.45) is 0 Å². The standard InChI is InChI=1S/C13H14O2/c1-10(9-14)7-8-12-5-3-4-6-13(12)11(2)15/h3-9,14H,1-2H3/b8-7-,10-9+. The molecule has 1 aromatic rings. The van der Waals surface area contributed by atoms with Gasteiger partial charge in [0, 0.05) is 5.56 Å². The number of ketones is 1. The SMILES string of the molecule is CC(=O)c1ccccc1/C=C\C(C)=C\O. The molecule has 0 aliphatic heterocycles. The zero-order valence-corrected chi connectivity index (χ0v) is 8.90. The molecule has 1 aromatic carbocycles. The smallest absolute Gasteiger partial charge is 0.160 e. The Balaban J connectivity index is 3.04. The van der Waals surface area contributed by atoms with Crippen LogP contribution in [0, 0.1) is 0 Å². The van der Waals surface area contributed by atoms with Crippen LogP contribution in [0.1, 0.15) is 29.8 Å². The summed E-state index contributed by atoms with van der Waals surface area (Å²) < 4.78 is 0. The molecule has 78 valence electrons. The van der Waals surface area contributed by atoms with Gasteiger partial charge in [-0.15, -0.1) is 0 Å². The highest BCUT2D eigenvalue weighted by Crippen LogP contribution is 2.12. The number of carbonyl (C=O) groups is 1. The lowest BCUT2D eigenvalue weighted by molar-refractivity contribution is 0.101. The van der Waals surface area contributed by atoms with E-state index in [1.807, 2.05) is 24.3 Å². The first kappa shape index (κ1) is 11.2. The molecule has 0 bridgehead atoms. The molecule has 1 N–H and O–H groups in total. The molecule has 0 saturated carbocycles. The molecule has 0 atom stereocenters. The summed E-state index contributed by atoms with van der Waals surface area (Å²) in [5, 5.41) is 8.71. The maximum absolute atomic E-state index is 11.3. The predicted molar refractivity (Wildman–Crippen MR) is 61.9 cm³/mol. The molecule has 0 saturated heterocycles. The van der Waals surface area contributed by atoms with Gasteiger partial charge in [-0.3, -0.25) is 4.79 Å². The largest absolute Gasteiger partial charge is 0.515 e. The van der Waals surface area contributed by atoms with Crippen LogP contribution in [-0.2, 0) is 0 Å².